The van der Waals surface area contributed by atoms with Crippen LogP contribution >= 0.6 is 0 Å². The second-order valence-corrected chi connectivity index (χ2v) is 6.32. The number of anilines is 1. The van der Waals surface area contributed by atoms with Crippen molar-refractivity contribution in [1.29, 1.82) is 0 Å². The molecule has 0 unspecified atom stereocenters. The topological polar surface area (TPSA) is 114 Å². The lowest BCUT2D eigenvalue weighted by Crippen LogP contribution is -2.18. The second kappa shape index (κ2) is 7.20. The van der Waals surface area contributed by atoms with Gasteiger partial charge in [0.2, 0.25) is 0 Å². The Morgan fingerprint density at radius 1 is 1.00 bits per heavy atom. The Hall–Kier alpha value is -2.78. The normalized spacial score (nSPS) is 10.8. The van der Waals surface area contributed by atoms with Gasteiger partial charge in [-0.05, 0) is 36.4 Å². The molecule has 24 heavy (non-hydrogen) atoms. The van der Waals surface area contributed by atoms with E-state index in [4.69, 9.17) is 14.7 Å². The summed E-state index contributed by atoms with van der Waals surface area (Å²) in [5.41, 5.74) is 1.94. The number of amides is 1. The van der Waals surface area contributed by atoms with Crippen molar-refractivity contribution in [2.75, 3.05) is 18.9 Å². The fourth-order valence-corrected chi connectivity index (χ4v) is 3.03. The summed E-state index contributed by atoms with van der Waals surface area (Å²) < 4.78 is 37.4. The fourth-order valence-electron chi connectivity index (χ4n) is 1.95. The number of methoxy groups -OCH3 is 2. The van der Waals surface area contributed by atoms with E-state index in [-0.39, 0.29) is 21.9 Å². The average Bonchev–Trinajstić information content (AvgIpc) is 2.60. The van der Waals surface area contributed by atoms with Gasteiger partial charge in [-0.15, -0.1) is 0 Å². The summed E-state index contributed by atoms with van der Waals surface area (Å²) in [4.78, 5) is 11.2. The first-order chi connectivity index (χ1) is 11.4. The molecule has 1 amide bonds. The first kappa shape index (κ1) is 17.6. The van der Waals surface area contributed by atoms with E-state index in [1.807, 2.05) is 0 Å². The van der Waals surface area contributed by atoms with Crippen molar-refractivity contribution in [2.45, 2.75) is 4.90 Å². The second-order valence-electron chi connectivity index (χ2n) is 4.64. The Labute approximate surface area is 139 Å². The van der Waals surface area contributed by atoms with Crippen molar-refractivity contribution < 1.29 is 27.9 Å². The minimum absolute atomic E-state index is 0.00247. The van der Waals surface area contributed by atoms with Crippen LogP contribution in [0.3, 0.4) is 0 Å². The van der Waals surface area contributed by atoms with Crippen molar-refractivity contribution in [2.24, 2.45) is 0 Å². The molecule has 0 radical (unpaired) electrons. The molecule has 2 aromatic rings. The molecular weight excluding hydrogens is 336 g/mol. The highest BCUT2D eigenvalue weighted by atomic mass is 32.2. The first-order valence-corrected chi connectivity index (χ1v) is 8.19. The van der Waals surface area contributed by atoms with Gasteiger partial charge in [0.05, 0.1) is 19.1 Å². The standard InChI is InChI=1S/C15H16N2O6S/c1-22-13-8-7-12(9-14(13)23-2)24(20,21)17-11-5-3-10(4-6-11)15(18)16-19/h3-9,17,19H,1-2H3,(H,16,18). The van der Waals surface area contributed by atoms with E-state index in [0.29, 0.717) is 5.75 Å². The Bertz CT molecular complexity index is 834. The van der Waals surface area contributed by atoms with Gasteiger partial charge in [-0.1, -0.05) is 0 Å². The summed E-state index contributed by atoms with van der Waals surface area (Å²) in [6, 6.07) is 9.77. The minimum Gasteiger partial charge on any atom is -0.493 e. The number of ether oxygens (including phenoxy) is 2. The van der Waals surface area contributed by atoms with Crippen molar-refractivity contribution in [3.63, 3.8) is 0 Å². The molecule has 0 aliphatic carbocycles. The molecule has 0 heterocycles. The Balaban J connectivity index is 2.26. The van der Waals surface area contributed by atoms with Gasteiger partial charge in [0.25, 0.3) is 15.9 Å². The van der Waals surface area contributed by atoms with Crippen LogP contribution in [0, 0.1) is 0 Å². The fraction of sp³-hybridized carbons (Fsp3) is 0.133. The predicted octanol–water partition coefficient (Wildman–Crippen LogP) is 1.62. The molecule has 0 saturated heterocycles. The molecule has 8 nitrogen and oxygen atoms in total. The van der Waals surface area contributed by atoms with E-state index in [2.05, 4.69) is 4.72 Å². The van der Waals surface area contributed by atoms with Crippen LogP contribution in [0.4, 0.5) is 5.69 Å². The van der Waals surface area contributed by atoms with Gasteiger partial charge in [-0.2, -0.15) is 0 Å². The van der Waals surface area contributed by atoms with Crippen LogP contribution in [0.5, 0.6) is 11.5 Å². The molecule has 0 fully saturated rings. The Morgan fingerprint density at radius 2 is 1.62 bits per heavy atom. The van der Waals surface area contributed by atoms with Gasteiger partial charge < -0.3 is 9.47 Å². The van der Waals surface area contributed by atoms with Crippen LogP contribution in [0.2, 0.25) is 0 Å². The van der Waals surface area contributed by atoms with Crippen molar-refractivity contribution in [1.82, 2.24) is 5.48 Å². The SMILES string of the molecule is COc1ccc(S(=O)(=O)Nc2ccc(C(=O)NO)cc2)cc1OC. The number of carbonyl (C=O) groups excluding carboxylic acids is 1. The summed E-state index contributed by atoms with van der Waals surface area (Å²) in [5, 5.41) is 8.55. The molecule has 0 bridgehead atoms. The van der Waals surface area contributed by atoms with Crippen LogP contribution in [-0.2, 0) is 10.0 Å². The monoisotopic (exact) mass is 352 g/mol. The summed E-state index contributed by atoms with van der Waals surface area (Å²) in [7, 11) is -0.983. The van der Waals surface area contributed by atoms with E-state index < -0.39 is 15.9 Å². The third-order valence-electron chi connectivity index (χ3n) is 3.17. The molecule has 0 aliphatic rings. The number of nitrogens with one attached hydrogen (secondary N) is 2. The maximum Gasteiger partial charge on any atom is 0.274 e. The maximum atomic E-state index is 12.4. The lowest BCUT2D eigenvalue weighted by atomic mass is 10.2. The molecular formula is C15H16N2O6S. The van der Waals surface area contributed by atoms with Crippen molar-refractivity contribution in [3.8, 4) is 11.5 Å². The summed E-state index contributed by atoms with van der Waals surface area (Å²) >= 11 is 0. The quantitative estimate of drug-likeness (QED) is 0.538. The van der Waals surface area contributed by atoms with Crippen LogP contribution < -0.4 is 19.7 Å². The first-order valence-electron chi connectivity index (χ1n) is 6.70. The van der Waals surface area contributed by atoms with Gasteiger partial charge in [0.15, 0.2) is 11.5 Å². The van der Waals surface area contributed by atoms with Crippen LogP contribution in [0.1, 0.15) is 10.4 Å². The lowest BCUT2D eigenvalue weighted by Gasteiger charge is -2.12. The molecule has 128 valence electrons. The smallest absolute Gasteiger partial charge is 0.274 e. The summed E-state index contributed by atoms with van der Waals surface area (Å²) in [6.07, 6.45) is 0. The Kier molecular flexibility index (Phi) is 5.27. The van der Waals surface area contributed by atoms with E-state index in [0.717, 1.165) is 0 Å². The zero-order valence-electron chi connectivity index (χ0n) is 12.9. The molecule has 0 spiro atoms. The molecule has 0 aromatic heterocycles. The minimum atomic E-state index is -3.85. The Morgan fingerprint density at radius 3 is 2.17 bits per heavy atom. The molecule has 0 atom stereocenters. The number of sulfonamides is 1. The average molecular weight is 352 g/mol. The van der Waals surface area contributed by atoms with Crippen LogP contribution in [0.25, 0.3) is 0 Å². The van der Waals surface area contributed by atoms with Gasteiger partial charge in [-0.3, -0.25) is 14.7 Å². The largest absolute Gasteiger partial charge is 0.493 e. The highest BCUT2D eigenvalue weighted by molar-refractivity contribution is 7.92. The lowest BCUT2D eigenvalue weighted by molar-refractivity contribution is 0.0706. The number of hydrogen-bond acceptors (Lipinski definition) is 6. The summed E-state index contributed by atoms with van der Waals surface area (Å²) in [5.74, 6) is 0.00968. The third kappa shape index (κ3) is 3.76. The number of carbonyl (C=O) groups is 1. The van der Waals surface area contributed by atoms with Gasteiger partial charge >= 0.3 is 0 Å². The van der Waals surface area contributed by atoms with E-state index in [9.17, 15) is 13.2 Å². The predicted molar refractivity (Wildman–Crippen MR) is 86.0 cm³/mol. The number of benzene rings is 2. The molecule has 0 aliphatic heterocycles. The highest BCUT2D eigenvalue weighted by Crippen LogP contribution is 2.30. The van der Waals surface area contributed by atoms with Crippen LogP contribution in [0.15, 0.2) is 47.4 Å². The van der Waals surface area contributed by atoms with E-state index in [1.54, 1.807) is 0 Å². The molecule has 3 N–H and O–H groups in total. The third-order valence-corrected chi connectivity index (χ3v) is 4.55. The number of rotatable bonds is 6. The molecule has 9 heteroatoms. The maximum absolute atomic E-state index is 12.4. The van der Waals surface area contributed by atoms with Gasteiger partial charge in [-0.25, -0.2) is 13.9 Å². The molecule has 2 aromatic carbocycles. The van der Waals surface area contributed by atoms with Gasteiger partial charge in [0, 0.05) is 17.3 Å². The van der Waals surface area contributed by atoms with Gasteiger partial charge in [0.1, 0.15) is 0 Å². The van der Waals surface area contributed by atoms with Crippen molar-refractivity contribution >= 4 is 21.6 Å². The molecule has 2 rings (SSSR count). The zero-order valence-corrected chi connectivity index (χ0v) is 13.8. The highest BCUT2D eigenvalue weighted by Gasteiger charge is 2.17. The number of hydroxylamine groups is 1. The van der Waals surface area contributed by atoms with E-state index >= 15 is 0 Å². The number of hydrogen-bond donors (Lipinski definition) is 3. The van der Waals surface area contributed by atoms with Crippen molar-refractivity contribution in [3.05, 3.63) is 48.0 Å². The summed E-state index contributed by atoms with van der Waals surface area (Å²) in [6.45, 7) is 0. The van der Waals surface area contributed by atoms with E-state index in [1.165, 1.54) is 62.2 Å². The van der Waals surface area contributed by atoms with Crippen LogP contribution in [-0.4, -0.2) is 33.8 Å². The zero-order chi connectivity index (χ0) is 17.7. The molecule has 0 saturated carbocycles.